The molecule has 3 atom stereocenters. The van der Waals surface area contributed by atoms with E-state index in [0.29, 0.717) is 5.92 Å². The van der Waals surface area contributed by atoms with Gasteiger partial charge in [-0.25, -0.2) is 0 Å². The molecule has 0 amide bonds. The maximum Gasteiger partial charge on any atom is 0.0467 e. The van der Waals surface area contributed by atoms with E-state index in [2.05, 4.69) is 158 Å². The number of hydrogen-bond donors (Lipinski definition) is 0. The molecule has 3 saturated carbocycles. The molecule has 0 aromatic heterocycles. The molecule has 0 heterocycles. The van der Waals surface area contributed by atoms with Crippen molar-refractivity contribution in [3.63, 3.8) is 0 Å². The predicted molar refractivity (Wildman–Crippen MR) is 224 cm³/mol. The monoisotopic (exact) mass is 689 g/mol. The van der Waals surface area contributed by atoms with Crippen LogP contribution in [0.5, 0.6) is 0 Å². The van der Waals surface area contributed by atoms with Crippen LogP contribution in [0.2, 0.25) is 0 Å². The van der Waals surface area contributed by atoms with Crippen molar-refractivity contribution in [3.05, 3.63) is 162 Å². The molecule has 10 rings (SSSR count). The minimum absolute atomic E-state index is 0.121. The molecule has 0 aliphatic heterocycles. The standard InChI is InChI=1S/C52H51N/c1-52(2)49-22-12-21-46(37-15-7-4-8-16-37)51(49)47-30-29-43(34-50(47)52)53(41-27-25-38(26-28-41)48-32-35-23-24-40(48)31-35)42-18-11-17-39(33-42)45-20-10-9-19-44(45)36-13-5-3-6-14-36/h4,7-12,15-22,25-30,33-36,40,48H,3,5-6,13-14,23-24,31-32H2,1-2H3. The van der Waals surface area contributed by atoms with Gasteiger partial charge in [-0.05, 0) is 148 Å². The lowest BCUT2D eigenvalue weighted by molar-refractivity contribution is 0.420. The zero-order valence-corrected chi connectivity index (χ0v) is 31.4. The number of hydrogen-bond acceptors (Lipinski definition) is 1. The Labute approximate surface area is 316 Å². The van der Waals surface area contributed by atoms with Crippen molar-refractivity contribution in [1.29, 1.82) is 0 Å². The summed E-state index contributed by atoms with van der Waals surface area (Å²) in [6.07, 6.45) is 12.3. The lowest BCUT2D eigenvalue weighted by atomic mass is 9.81. The highest BCUT2D eigenvalue weighted by Gasteiger charge is 2.40. The lowest BCUT2D eigenvalue weighted by Crippen LogP contribution is -2.16. The van der Waals surface area contributed by atoms with Gasteiger partial charge in [-0.2, -0.15) is 0 Å². The highest BCUT2D eigenvalue weighted by molar-refractivity contribution is 5.94. The summed E-state index contributed by atoms with van der Waals surface area (Å²) in [4.78, 5) is 2.52. The molecule has 6 aromatic rings. The second-order valence-corrected chi connectivity index (χ2v) is 17.1. The van der Waals surface area contributed by atoms with Crippen LogP contribution in [0.15, 0.2) is 140 Å². The molecular weight excluding hydrogens is 639 g/mol. The number of benzene rings is 6. The molecule has 1 nitrogen and oxygen atoms in total. The number of anilines is 3. The zero-order valence-electron chi connectivity index (χ0n) is 31.4. The molecule has 1 heteroatoms. The van der Waals surface area contributed by atoms with E-state index in [0.717, 1.165) is 17.8 Å². The van der Waals surface area contributed by atoms with Crippen LogP contribution in [0.25, 0.3) is 33.4 Å². The summed E-state index contributed by atoms with van der Waals surface area (Å²) in [7, 11) is 0. The Morgan fingerprint density at radius 3 is 2.02 bits per heavy atom. The average molecular weight is 690 g/mol. The van der Waals surface area contributed by atoms with Gasteiger partial charge in [0, 0.05) is 22.5 Å². The zero-order chi connectivity index (χ0) is 35.5. The molecule has 53 heavy (non-hydrogen) atoms. The van der Waals surface area contributed by atoms with Crippen LogP contribution in [-0.2, 0) is 5.41 Å². The van der Waals surface area contributed by atoms with Gasteiger partial charge in [-0.3, -0.25) is 0 Å². The summed E-state index contributed by atoms with van der Waals surface area (Å²) >= 11 is 0. The summed E-state index contributed by atoms with van der Waals surface area (Å²) < 4.78 is 0. The van der Waals surface area contributed by atoms with E-state index in [1.54, 1.807) is 0 Å². The van der Waals surface area contributed by atoms with Crippen molar-refractivity contribution >= 4 is 17.1 Å². The Balaban J connectivity index is 1.09. The van der Waals surface area contributed by atoms with Crippen molar-refractivity contribution in [2.45, 2.75) is 88.9 Å². The van der Waals surface area contributed by atoms with Crippen LogP contribution in [0.3, 0.4) is 0 Å². The Bertz CT molecular complexity index is 2270. The Morgan fingerprint density at radius 2 is 1.23 bits per heavy atom. The second kappa shape index (κ2) is 13.2. The fourth-order valence-electron chi connectivity index (χ4n) is 11.1. The fourth-order valence-corrected chi connectivity index (χ4v) is 11.1. The highest BCUT2D eigenvalue weighted by Crippen LogP contribution is 2.55. The molecule has 0 radical (unpaired) electrons. The lowest BCUT2D eigenvalue weighted by Gasteiger charge is -2.29. The first-order valence-electron chi connectivity index (χ1n) is 20.5. The normalized spacial score (nSPS) is 21.4. The van der Waals surface area contributed by atoms with Gasteiger partial charge < -0.3 is 4.90 Å². The topological polar surface area (TPSA) is 3.24 Å². The summed E-state index contributed by atoms with van der Waals surface area (Å²) in [5.41, 5.74) is 17.5. The summed E-state index contributed by atoms with van der Waals surface area (Å²) in [6, 6.07) is 53.4. The summed E-state index contributed by atoms with van der Waals surface area (Å²) in [6.45, 7) is 4.82. The van der Waals surface area contributed by atoms with Gasteiger partial charge in [-0.15, -0.1) is 0 Å². The fraction of sp³-hybridized carbons (Fsp3) is 0.308. The SMILES string of the molecule is CC1(C)c2cc(N(c3ccc(C4CC5CCC4C5)cc3)c3cccc(-c4ccccc4C4CCCCC4)c3)ccc2-c2c(-c3ccccc3)cccc21. The van der Waals surface area contributed by atoms with Crippen molar-refractivity contribution in [3.8, 4) is 33.4 Å². The molecule has 0 saturated heterocycles. The average Bonchev–Trinajstić information content (AvgIpc) is 3.92. The Kier molecular flexibility index (Phi) is 8.16. The van der Waals surface area contributed by atoms with E-state index >= 15 is 0 Å². The van der Waals surface area contributed by atoms with Gasteiger partial charge >= 0.3 is 0 Å². The van der Waals surface area contributed by atoms with E-state index in [9.17, 15) is 0 Å². The van der Waals surface area contributed by atoms with Gasteiger partial charge in [0.1, 0.15) is 0 Å². The number of fused-ring (bicyclic) bond motifs is 5. The predicted octanol–water partition coefficient (Wildman–Crippen LogP) is 14.7. The van der Waals surface area contributed by atoms with Crippen LogP contribution in [-0.4, -0.2) is 0 Å². The second-order valence-electron chi connectivity index (χ2n) is 17.1. The van der Waals surface area contributed by atoms with Gasteiger partial charge in [0.25, 0.3) is 0 Å². The molecule has 3 unspecified atom stereocenters. The maximum absolute atomic E-state index is 2.52. The van der Waals surface area contributed by atoms with Crippen LogP contribution in [0.4, 0.5) is 17.1 Å². The highest BCUT2D eigenvalue weighted by atomic mass is 15.1. The van der Waals surface area contributed by atoms with E-state index in [4.69, 9.17) is 0 Å². The van der Waals surface area contributed by atoms with E-state index in [1.165, 1.54) is 130 Å². The molecule has 4 aliphatic carbocycles. The molecule has 2 bridgehead atoms. The first kappa shape index (κ1) is 32.7. The van der Waals surface area contributed by atoms with Gasteiger partial charge in [0.15, 0.2) is 0 Å². The molecule has 6 aromatic carbocycles. The molecule has 0 spiro atoms. The van der Waals surface area contributed by atoms with Crippen molar-refractivity contribution in [2.75, 3.05) is 4.90 Å². The molecule has 3 fully saturated rings. The third-order valence-corrected chi connectivity index (χ3v) is 13.8. The third kappa shape index (κ3) is 5.67. The van der Waals surface area contributed by atoms with Gasteiger partial charge in [0.2, 0.25) is 0 Å². The third-order valence-electron chi connectivity index (χ3n) is 13.8. The molecule has 0 N–H and O–H groups in total. The Morgan fingerprint density at radius 1 is 0.509 bits per heavy atom. The van der Waals surface area contributed by atoms with Crippen LogP contribution in [0.1, 0.15) is 106 Å². The molecular formula is C52H51N. The van der Waals surface area contributed by atoms with Crippen LogP contribution < -0.4 is 4.90 Å². The van der Waals surface area contributed by atoms with Crippen molar-refractivity contribution in [2.24, 2.45) is 11.8 Å². The largest absolute Gasteiger partial charge is 0.310 e. The van der Waals surface area contributed by atoms with Crippen molar-refractivity contribution < 1.29 is 0 Å². The quantitative estimate of drug-likeness (QED) is 0.161. The molecule has 4 aliphatic rings. The first-order chi connectivity index (χ1) is 26.0. The van der Waals surface area contributed by atoms with Gasteiger partial charge in [-0.1, -0.05) is 143 Å². The smallest absolute Gasteiger partial charge is 0.0467 e. The van der Waals surface area contributed by atoms with E-state index < -0.39 is 0 Å². The van der Waals surface area contributed by atoms with Crippen LogP contribution >= 0.6 is 0 Å². The molecule has 264 valence electrons. The van der Waals surface area contributed by atoms with Crippen molar-refractivity contribution in [1.82, 2.24) is 0 Å². The van der Waals surface area contributed by atoms with Crippen LogP contribution in [0, 0.1) is 11.8 Å². The Hall–Kier alpha value is -4.88. The maximum atomic E-state index is 2.52. The number of nitrogens with zero attached hydrogens (tertiary/aromatic N) is 1. The summed E-state index contributed by atoms with van der Waals surface area (Å²) in [5.74, 6) is 3.21. The number of rotatable bonds is 7. The minimum Gasteiger partial charge on any atom is -0.310 e. The van der Waals surface area contributed by atoms with E-state index in [-0.39, 0.29) is 5.41 Å². The van der Waals surface area contributed by atoms with Gasteiger partial charge in [0.05, 0.1) is 0 Å². The minimum atomic E-state index is -0.121. The summed E-state index contributed by atoms with van der Waals surface area (Å²) in [5, 5.41) is 0. The van der Waals surface area contributed by atoms with E-state index in [1.807, 2.05) is 0 Å². The first-order valence-corrected chi connectivity index (χ1v) is 20.5.